The van der Waals surface area contributed by atoms with Crippen LogP contribution in [-0.4, -0.2) is 52.3 Å². The highest BCUT2D eigenvalue weighted by Gasteiger charge is 2.19. The summed E-state index contributed by atoms with van der Waals surface area (Å²) in [6, 6.07) is 14.5. The molecule has 0 fully saturated rings. The zero-order valence-electron chi connectivity index (χ0n) is 16.6. The molecule has 0 radical (unpaired) electrons. The second-order valence-electron chi connectivity index (χ2n) is 6.29. The van der Waals surface area contributed by atoms with Crippen LogP contribution >= 0.6 is 0 Å². The maximum Gasteiger partial charge on any atom is 0.258 e. The van der Waals surface area contributed by atoms with Crippen molar-refractivity contribution in [2.24, 2.45) is 0 Å². The highest BCUT2D eigenvalue weighted by atomic mass is 16.5. The Morgan fingerprint density at radius 2 is 1.82 bits per heavy atom. The van der Waals surface area contributed by atoms with Crippen LogP contribution in [0.1, 0.15) is 17.2 Å². The summed E-state index contributed by atoms with van der Waals surface area (Å²) < 4.78 is 16.2. The normalized spacial score (nSPS) is 11.4. The molecule has 0 spiro atoms. The fraction of sp³-hybridized carbons (Fsp3) is 0.333. The molecule has 1 atom stereocenters. The molecule has 2 aromatic rings. The molecule has 0 aliphatic carbocycles. The van der Waals surface area contributed by atoms with Gasteiger partial charge in [-0.3, -0.25) is 4.79 Å². The van der Waals surface area contributed by atoms with Gasteiger partial charge in [0.15, 0.2) is 18.1 Å². The quantitative estimate of drug-likeness (QED) is 0.716. The number of hydrogen-bond donors (Lipinski definition) is 1. The smallest absolute Gasteiger partial charge is 0.258 e. The topological polar surface area (TPSA) is 83.8 Å². The Morgan fingerprint density at radius 1 is 1.11 bits per heavy atom. The van der Waals surface area contributed by atoms with Crippen LogP contribution in [0.15, 0.2) is 42.5 Å². The van der Waals surface area contributed by atoms with Gasteiger partial charge in [0.25, 0.3) is 5.91 Å². The summed E-state index contributed by atoms with van der Waals surface area (Å²) >= 11 is 0. The Morgan fingerprint density at radius 3 is 2.46 bits per heavy atom. The molecule has 0 aliphatic rings. The third-order valence-electron chi connectivity index (χ3n) is 4.27. The van der Waals surface area contributed by atoms with Gasteiger partial charge in [-0.1, -0.05) is 18.2 Å². The first kappa shape index (κ1) is 21.1. The van der Waals surface area contributed by atoms with Gasteiger partial charge in [0.1, 0.15) is 5.75 Å². The van der Waals surface area contributed by atoms with Gasteiger partial charge in [0.05, 0.1) is 31.9 Å². The minimum atomic E-state index is -0.256. The van der Waals surface area contributed by atoms with Crippen molar-refractivity contribution in [1.29, 1.82) is 5.26 Å². The Balaban J connectivity index is 1.98. The van der Waals surface area contributed by atoms with E-state index in [-0.39, 0.29) is 18.6 Å². The Bertz CT molecular complexity index is 846. The molecule has 0 saturated carbocycles. The Kier molecular flexibility index (Phi) is 7.66. The average molecular weight is 383 g/mol. The van der Waals surface area contributed by atoms with Crippen LogP contribution in [0.3, 0.4) is 0 Å². The maximum absolute atomic E-state index is 12.3. The Labute approximate surface area is 165 Å². The van der Waals surface area contributed by atoms with Crippen molar-refractivity contribution in [2.75, 3.05) is 41.5 Å². The van der Waals surface area contributed by atoms with E-state index in [9.17, 15) is 4.79 Å². The molecule has 0 aliphatic heterocycles. The number of ether oxygens (including phenoxy) is 3. The van der Waals surface area contributed by atoms with E-state index < -0.39 is 0 Å². The lowest BCUT2D eigenvalue weighted by molar-refractivity contribution is -0.123. The predicted octanol–water partition coefficient (Wildman–Crippen LogP) is 2.37. The van der Waals surface area contributed by atoms with Crippen molar-refractivity contribution >= 4 is 5.91 Å². The number of hydrogen-bond acceptors (Lipinski definition) is 6. The maximum atomic E-state index is 12.3. The monoisotopic (exact) mass is 383 g/mol. The lowest BCUT2D eigenvalue weighted by atomic mass is 10.0. The summed E-state index contributed by atoms with van der Waals surface area (Å²) in [5.74, 6) is 1.33. The SMILES string of the molecule is COc1cc(C#N)ccc1OCC(=O)NCC(c1ccccc1OC)N(C)C. The summed E-state index contributed by atoms with van der Waals surface area (Å²) in [5.41, 5.74) is 1.45. The fourth-order valence-corrected chi connectivity index (χ4v) is 2.77. The van der Waals surface area contributed by atoms with Gasteiger partial charge in [0.2, 0.25) is 0 Å². The van der Waals surface area contributed by atoms with Gasteiger partial charge < -0.3 is 24.4 Å². The van der Waals surface area contributed by atoms with E-state index in [0.29, 0.717) is 23.6 Å². The second kappa shape index (κ2) is 10.2. The molecule has 1 unspecified atom stereocenters. The molecule has 0 bridgehead atoms. The highest BCUT2D eigenvalue weighted by molar-refractivity contribution is 5.77. The standard InChI is InChI=1S/C21H25N3O4/c1-24(2)17(16-7-5-6-8-18(16)26-3)13-23-21(25)14-28-19-10-9-15(12-22)11-20(19)27-4/h5-11,17H,13-14H2,1-4H3,(H,23,25). The van der Waals surface area contributed by atoms with Crippen molar-refractivity contribution in [3.63, 3.8) is 0 Å². The van der Waals surface area contributed by atoms with Crippen molar-refractivity contribution < 1.29 is 19.0 Å². The van der Waals surface area contributed by atoms with Gasteiger partial charge in [-0.2, -0.15) is 5.26 Å². The van der Waals surface area contributed by atoms with Crippen LogP contribution in [0.2, 0.25) is 0 Å². The van der Waals surface area contributed by atoms with Gasteiger partial charge in [-0.05, 0) is 32.3 Å². The molecular weight excluding hydrogens is 358 g/mol. The van der Waals surface area contributed by atoms with E-state index in [1.165, 1.54) is 7.11 Å². The van der Waals surface area contributed by atoms with Crippen LogP contribution in [0.25, 0.3) is 0 Å². The van der Waals surface area contributed by atoms with Crippen LogP contribution in [0.4, 0.5) is 0 Å². The van der Waals surface area contributed by atoms with Gasteiger partial charge >= 0.3 is 0 Å². The largest absolute Gasteiger partial charge is 0.496 e. The van der Waals surface area contributed by atoms with E-state index in [2.05, 4.69) is 5.32 Å². The number of likely N-dealkylation sites (N-methyl/N-ethyl adjacent to an activating group) is 1. The summed E-state index contributed by atoms with van der Waals surface area (Å²) in [6.45, 7) is 0.244. The molecule has 28 heavy (non-hydrogen) atoms. The number of methoxy groups -OCH3 is 2. The predicted molar refractivity (Wildman–Crippen MR) is 106 cm³/mol. The number of carbonyl (C=O) groups is 1. The lowest BCUT2D eigenvalue weighted by Gasteiger charge is -2.26. The molecule has 1 N–H and O–H groups in total. The second-order valence-corrected chi connectivity index (χ2v) is 6.29. The molecule has 148 valence electrons. The molecular formula is C21H25N3O4. The number of rotatable bonds is 9. The van der Waals surface area contributed by atoms with E-state index >= 15 is 0 Å². The van der Waals surface area contributed by atoms with Crippen molar-refractivity contribution in [2.45, 2.75) is 6.04 Å². The summed E-state index contributed by atoms with van der Waals surface area (Å²) in [6.07, 6.45) is 0. The first-order chi connectivity index (χ1) is 13.5. The number of nitrogens with one attached hydrogen (secondary N) is 1. The Hall–Kier alpha value is -3.24. The zero-order valence-corrected chi connectivity index (χ0v) is 16.6. The number of amides is 1. The summed E-state index contributed by atoms with van der Waals surface area (Å²) in [5, 5.41) is 11.8. The number of para-hydroxylation sites is 1. The van der Waals surface area contributed by atoms with E-state index in [1.807, 2.05) is 49.3 Å². The minimum absolute atomic E-state index is 0.0513. The van der Waals surface area contributed by atoms with Crippen molar-refractivity contribution in [1.82, 2.24) is 10.2 Å². The highest BCUT2D eigenvalue weighted by Crippen LogP contribution is 2.28. The third kappa shape index (κ3) is 5.38. The number of nitrogens with zero attached hydrogens (tertiary/aromatic N) is 2. The summed E-state index contributed by atoms with van der Waals surface area (Å²) in [4.78, 5) is 14.3. The lowest BCUT2D eigenvalue weighted by Crippen LogP contribution is -2.37. The van der Waals surface area contributed by atoms with E-state index in [1.54, 1.807) is 25.3 Å². The fourth-order valence-electron chi connectivity index (χ4n) is 2.77. The first-order valence-electron chi connectivity index (χ1n) is 8.77. The molecule has 0 saturated heterocycles. The van der Waals surface area contributed by atoms with Gasteiger partial charge in [-0.15, -0.1) is 0 Å². The van der Waals surface area contributed by atoms with Crippen LogP contribution in [0.5, 0.6) is 17.2 Å². The number of carbonyl (C=O) groups excluding carboxylic acids is 1. The van der Waals surface area contributed by atoms with E-state index in [4.69, 9.17) is 19.5 Å². The van der Waals surface area contributed by atoms with Crippen molar-refractivity contribution in [3.05, 3.63) is 53.6 Å². The van der Waals surface area contributed by atoms with Crippen LogP contribution in [0, 0.1) is 11.3 Å². The molecule has 2 aromatic carbocycles. The number of nitriles is 1. The van der Waals surface area contributed by atoms with Gasteiger partial charge in [0, 0.05) is 18.2 Å². The first-order valence-corrected chi connectivity index (χ1v) is 8.77. The van der Waals surface area contributed by atoms with Crippen LogP contribution < -0.4 is 19.5 Å². The summed E-state index contributed by atoms with van der Waals surface area (Å²) in [7, 11) is 7.00. The minimum Gasteiger partial charge on any atom is -0.496 e. The third-order valence-corrected chi connectivity index (χ3v) is 4.27. The average Bonchev–Trinajstić information content (AvgIpc) is 2.72. The van der Waals surface area contributed by atoms with Crippen molar-refractivity contribution in [3.8, 4) is 23.3 Å². The molecule has 0 heterocycles. The molecule has 7 nitrogen and oxygen atoms in total. The molecule has 0 aromatic heterocycles. The molecule has 2 rings (SSSR count). The number of benzene rings is 2. The zero-order chi connectivity index (χ0) is 20.5. The van der Waals surface area contributed by atoms with Crippen LogP contribution in [-0.2, 0) is 4.79 Å². The van der Waals surface area contributed by atoms with E-state index in [0.717, 1.165) is 11.3 Å². The van der Waals surface area contributed by atoms with Gasteiger partial charge in [-0.25, -0.2) is 0 Å². The molecule has 1 amide bonds. The molecule has 7 heteroatoms.